The lowest BCUT2D eigenvalue weighted by atomic mass is 10.2. The Morgan fingerprint density at radius 2 is 2.06 bits per heavy atom. The van der Waals surface area contributed by atoms with E-state index >= 15 is 0 Å². The standard InChI is InChI=1S/C12H20N2O3S/c1-10-9-11(5-6-12(10)17-2)14-18(15,16)8-4-3-7-13/h5-6,9,14H,3-4,7-8,13H2,1-2H3. The SMILES string of the molecule is COc1ccc(NS(=O)(=O)CCCCN)cc1C. The molecule has 6 heteroatoms. The average Bonchev–Trinajstić information content (AvgIpc) is 2.29. The molecule has 0 saturated carbocycles. The van der Waals surface area contributed by atoms with Crippen LogP contribution in [-0.2, 0) is 10.0 Å². The fourth-order valence-electron chi connectivity index (χ4n) is 1.61. The van der Waals surface area contributed by atoms with Crippen molar-refractivity contribution in [3.63, 3.8) is 0 Å². The minimum absolute atomic E-state index is 0.0925. The molecule has 0 radical (unpaired) electrons. The van der Waals surface area contributed by atoms with Crippen LogP contribution in [0.3, 0.4) is 0 Å². The van der Waals surface area contributed by atoms with Gasteiger partial charge >= 0.3 is 0 Å². The molecule has 1 aromatic rings. The molecule has 0 heterocycles. The molecule has 0 aliphatic rings. The maximum absolute atomic E-state index is 11.8. The zero-order chi connectivity index (χ0) is 13.6. The van der Waals surface area contributed by atoms with Crippen molar-refractivity contribution in [3.8, 4) is 5.75 Å². The number of hydrogen-bond donors (Lipinski definition) is 2. The number of ether oxygens (including phenoxy) is 1. The van der Waals surface area contributed by atoms with E-state index in [0.717, 1.165) is 11.3 Å². The molecule has 0 aromatic heterocycles. The number of hydrogen-bond acceptors (Lipinski definition) is 4. The molecule has 0 aliphatic carbocycles. The van der Waals surface area contributed by atoms with Gasteiger partial charge in [0.25, 0.3) is 0 Å². The van der Waals surface area contributed by atoms with E-state index in [0.29, 0.717) is 25.1 Å². The highest BCUT2D eigenvalue weighted by Gasteiger charge is 2.10. The number of methoxy groups -OCH3 is 1. The van der Waals surface area contributed by atoms with Crippen LogP contribution < -0.4 is 15.2 Å². The summed E-state index contributed by atoms with van der Waals surface area (Å²) in [6, 6.07) is 5.18. The number of nitrogens with one attached hydrogen (secondary N) is 1. The van der Waals surface area contributed by atoms with Gasteiger partial charge in [0.2, 0.25) is 10.0 Å². The van der Waals surface area contributed by atoms with E-state index in [1.807, 2.05) is 6.92 Å². The summed E-state index contributed by atoms with van der Waals surface area (Å²) in [5, 5.41) is 0. The second-order valence-electron chi connectivity index (χ2n) is 4.10. The summed E-state index contributed by atoms with van der Waals surface area (Å²) in [4.78, 5) is 0. The van der Waals surface area contributed by atoms with Gasteiger partial charge in [-0.15, -0.1) is 0 Å². The maximum Gasteiger partial charge on any atom is 0.232 e. The number of nitrogens with two attached hydrogens (primary N) is 1. The predicted octanol–water partition coefficient (Wildman–Crippen LogP) is 1.48. The van der Waals surface area contributed by atoms with Crippen LogP contribution in [0.4, 0.5) is 5.69 Å². The summed E-state index contributed by atoms with van der Waals surface area (Å²) in [6.07, 6.45) is 1.28. The van der Waals surface area contributed by atoms with E-state index in [4.69, 9.17) is 10.5 Å². The Hall–Kier alpha value is -1.27. The number of benzene rings is 1. The van der Waals surface area contributed by atoms with Gasteiger partial charge in [0.1, 0.15) is 5.75 Å². The molecule has 0 fully saturated rings. The summed E-state index contributed by atoms with van der Waals surface area (Å²) in [6.45, 7) is 2.38. The molecule has 3 N–H and O–H groups in total. The monoisotopic (exact) mass is 272 g/mol. The zero-order valence-corrected chi connectivity index (χ0v) is 11.6. The van der Waals surface area contributed by atoms with Crippen molar-refractivity contribution in [2.75, 3.05) is 24.1 Å². The lowest BCUT2D eigenvalue weighted by Crippen LogP contribution is -2.17. The fraction of sp³-hybridized carbons (Fsp3) is 0.500. The van der Waals surface area contributed by atoms with E-state index < -0.39 is 10.0 Å². The number of unbranched alkanes of at least 4 members (excludes halogenated alkanes) is 1. The summed E-state index contributed by atoms with van der Waals surface area (Å²) < 4.78 is 31.2. The third kappa shape index (κ3) is 4.54. The zero-order valence-electron chi connectivity index (χ0n) is 10.8. The van der Waals surface area contributed by atoms with Gasteiger partial charge in [0.15, 0.2) is 0 Å². The third-order valence-corrected chi connectivity index (χ3v) is 3.91. The molecule has 0 spiro atoms. The molecule has 18 heavy (non-hydrogen) atoms. The van der Waals surface area contributed by atoms with Gasteiger partial charge in [-0.25, -0.2) is 8.42 Å². The summed E-state index contributed by atoms with van der Waals surface area (Å²) in [5.41, 5.74) is 6.78. The first-order valence-corrected chi connectivity index (χ1v) is 7.49. The minimum Gasteiger partial charge on any atom is -0.496 e. The van der Waals surface area contributed by atoms with Gasteiger partial charge in [0.05, 0.1) is 12.9 Å². The van der Waals surface area contributed by atoms with Crippen LogP contribution in [0, 0.1) is 6.92 Å². The molecule has 0 bridgehead atoms. The first-order valence-electron chi connectivity index (χ1n) is 5.83. The molecule has 1 aromatic carbocycles. The van der Waals surface area contributed by atoms with Crippen LogP contribution >= 0.6 is 0 Å². The van der Waals surface area contributed by atoms with E-state index in [-0.39, 0.29) is 5.75 Å². The lowest BCUT2D eigenvalue weighted by molar-refractivity contribution is 0.412. The molecule has 102 valence electrons. The Balaban J connectivity index is 2.69. The van der Waals surface area contributed by atoms with E-state index in [1.54, 1.807) is 25.3 Å². The first kappa shape index (κ1) is 14.8. The van der Waals surface area contributed by atoms with Gasteiger partial charge < -0.3 is 10.5 Å². The van der Waals surface area contributed by atoms with Gasteiger partial charge in [-0.2, -0.15) is 0 Å². The average molecular weight is 272 g/mol. The molecule has 0 saturated heterocycles. The van der Waals surface area contributed by atoms with Crippen LogP contribution in [0.25, 0.3) is 0 Å². The summed E-state index contributed by atoms with van der Waals surface area (Å²) in [7, 11) is -1.71. The number of anilines is 1. The molecule has 1 rings (SSSR count). The van der Waals surface area contributed by atoms with Crippen molar-refractivity contribution in [1.29, 1.82) is 0 Å². The number of aryl methyl sites for hydroxylation is 1. The van der Waals surface area contributed by atoms with Crippen LogP contribution in [0.5, 0.6) is 5.75 Å². The molecule has 0 atom stereocenters. The number of sulfonamides is 1. The van der Waals surface area contributed by atoms with Crippen molar-refractivity contribution in [2.24, 2.45) is 5.73 Å². The smallest absolute Gasteiger partial charge is 0.232 e. The normalized spacial score (nSPS) is 11.3. The highest BCUT2D eigenvalue weighted by atomic mass is 32.2. The van der Waals surface area contributed by atoms with Crippen LogP contribution in [-0.4, -0.2) is 27.8 Å². The molecule has 0 aliphatic heterocycles. The van der Waals surface area contributed by atoms with Gasteiger partial charge in [0, 0.05) is 5.69 Å². The topological polar surface area (TPSA) is 81.4 Å². The fourth-order valence-corrected chi connectivity index (χ4v) is 2.78. The van der Waals surface area contributed by atoms with Crippen molar-refractivity contribution < 1.29 is 13.2 Å². The van der Waals surface area contributed by atoms with E-state index in [1.165, 1.54) is 0 Å². The summed E-state index contributed by atoms with van der Waals surface area (Å²) >= 11 is 0. The molecule has 0 unspecified atom stereocenters. The van der Waals surface area contributed by atoms with Crippen molar-refractivity contribution in [1.82, 2.24) is 0 Å². The van der Waals surface area contributed by atoms with Crippen LogP contribution in [0.1, 0.15) is 18.4 Å². The molecular weight excluding hydrogens is 252 g/mol. The largest absolute Gasteiger partial charge is 0.496 e. The van der Waals surface area contributed by atoms with E-state index in [9.17, 15) is 8.42 Å². The van der Waals surface area contributed by atoms with Crippen molar-refractivity contribution in [3.05, 3.63) is 23.8 Å². The Morgan fingerprint density at radius 1 is 1.33 bits per heavy atom. The van der Waals surface area contributed by atoms with Gasteiger partial charge in [-0.3, -0.25) is 4.72 Å². The Bertz CT molecular complexity index is 486. The highest BCUT2D eigenvalue weighted by Crippen LogP contribution is 2.22. The second kappa shape index (κ2) is 6.61. The third-order valence-electron chi connectivity index (χ3n) is 2.54. The van der Waals surface area contributed by atoms with Crippen molar-refractivity contribution >= 4 is 15.7 Å². The predicted molar refractivity (Wildman–Crippen MR) is 73.4 cm³/mol. The quantitative estimate of drug-likeness (QED) is 0.737. The van der Waals surface area contributed by atoms with Crippen molar-refractivity contribution in [2.45, 2.75) is 19.8 Å². The molecular formula is C12H20N2O3S. The Kier molecular flexibility index (Phi) is 5.43. The highest BCUT2D eigenvalue weighted by molar-refractivity contribution is 7.92. The minimum atomic E-state index is -3.29. The Morgan fingerprint density at radius 3 is 2.61 bits per heavy atom. The summed E-state index contributed by atoms with van der Waals surface area (Å²) in [5.74, 6) is 0.830. The second-order valence-corrected chi connectivity index (χ2v) is 5.94. The van der Waals surface area contributed by atoms with Gasteiger partial charge in [-0.1, -0.05) is 0 Å². The number of rotatable bonds is 7. The molecule has 0 amide bonds. The van der Waals surface area contributed by atoms with E-state index in [2.05, 4.69) is 4.72 Å². The maximum atomic E-state index is 11.8. The molecule has 5 nitrogen and oxygen atoms in total. The van der Waals surface area contributed by atoms with Crippen LogP contribution in [0.15, 0.2) is 18.2 Å². The first-order chi connectivity index (χ1) is 8.48. The van der Waals surface area contributed by atoms with Crippen LogP contribution in [0.2, 0.25) is 0 Å². The van der Waals surface area contributed by atoms with Gasteiger partial charge in [-0.05, 0) is 50.1 Å². The Labute approximate surface area is 108 Å². The lowest BCUT2D eigenvalue weighted by Gasteiger charge is -2.10.